The van der Waals surface area contributed by atoms with Crippen molar-refractivity contribution in [3.05, 3.63) is 29.8 Å². The Hall–Kier alpha value is -1.59. The zero-order valence-corrected chi connectivity index (χ0v) is 11.0. The molecule has 2 atom stereocenters. The van der Waals surface area contributed by atoms with Gasteiger partial charge in [0, 0.05) is 24.7 Å². The van der Waals surface area contributed by atoms with Crippen LogP contribution in [0.4, 0.5) is 0 Å². The van der Waals surface area contributed by atoms with Crippen LogP contribution in [0.3, 0.4) is 0 Å². The molecule has 5 heteroatoms. The van der Waals surface area contributed by atoms with Crippen molar-refractivity contribution in [1.82, 2.24) is 4.90 Å². The van der Waals surface area contributed by atoms with Gasteiger partial charge in [0.05, 0.1) is 19.1 Å². The third-order valence-electron chi connectivity index (χ3n) is 3.51. The standard InChI is InChI=1S/C14H19NO4/c1-10(12-4-2-3-5-13(12)16)15-6-7-19-11(9-15)8-14(17)18/h2-5,10-11,16H,6-9H2,1H3,(H,17,18). The lowest BCUT2D eigenvalue weighted by Gasteiger charge is -2.36. The van der Waals surface area contributed by atoms with Crippen LogP contribution in [0.25, 0.3) is 0 Å². The molecule has 0 aliphatic carbocycles. The average molecular weight is 265 g/mol. The SMILES string of the molecule is CC(c1ccccc1O)N1CCOC(CC(=O)O)C1. The molecule has 1 heterocycles. The van der Waals surface area contributed by atoms with E-state index in [1.165, 1.54) is 0 Å². The van der Waals surface area contributed by atoms with Crippen molar-refractivity contribution in [3.8, 4) is 5.75 Å². The lowest BCUT2D eigenvalue weighted by molar-refractivity contribution is -0.142. The number of carboxylic acid groups (broad SMARTS) is 1. The first-order chi connectivity index (χ1) is 9.08. The largest absolute Gasteiger partial charge is 0.508 e. The van der Waals surface area contributed by atoms with E-state index in [4.69, 9.17) is 9.84 Å². The number of aliphatic carboxylic acids is 1. The summed E-state index contributed by atoms with van der Waals surface area (Å²) >= 11 is 0. The second-order valence-corrected chi connectivity index (χ2v) is 4.82. The Morgan fingerprint density at radius 2 is 2.26 bits per heavy atom. The Bertz CT molecular complexity index is 449. The number of para-hydroxylation sites is 1. The number of rotatable bonds is 4. The van der Waals surface area contributed by atoms with Crippen molar-refractivity contribution < 1.29 is 19.7 Å². The summed E-state index contributed by atoms with van der Waals surface area (Å²) in [5, 5.41) is 18.7. The van der Waals surface area contributed by atoms with Gasteiger partial charge in [0.2, 0.25) is 0 Å². The summed E-state index contributed by atoms with van der Waals surface area (Å²) in [7, 11) is 0. The van der Waals surface area contributed by atoms with E-state index in [-0.39, 0.29) is 24.3 Å². The summed E-state index contributed by atoms with van der Waals surface area (Å²) in [4.78, 5) is 12.9. The molecule has 0 aromatic heterocycles. The van der Waals surface area contributed by atoms with Crippen molar-refractivity contribution in [2.75, 3.05) is 19.7 Å². The van der Waals surface area contributed by atoms with Crippen molar-refractivity contribution in [1.29, 1.82) is 0 Å². The number of hydrogen-bond acceptors (Lipinski definition) is 4. The van der Waals surface area contributed by atoms with Crippen LogP contribution in [0.15, 0.2) is 24.3 Å². The number of aromatic hydroxyl groups is 1. The summed E-state index contributed by atoms with van der Waals surface area (Å²) < 4.78 is 5.45. The highest BCUT2D eigenvalue weighted by Gasteiger charge is 2.27. The molecule has 2 unspecified atom stereocenters. The van der Waals surface area contributed by atoms with Crippen molar-refractivity contribution in [3.63, 3.8) is 0 Å². The Morgan fingerprint density at radius 3 is 2.95 bits per heavy atom. The number of benzene rings is 1. The van der Waals surface area contributed by atoms with Crippen LogP contribution in [-0.2, 0) is 9.53 Å². The van der Waals surface area contributed by atoms with Gasteiger partial charge >= 0.3 is 5.97 Å². The molecule has 0 spiro atoms. The number of morpholine rings is 1. The molecule has 19 heavy (non-hydrogen) atoms. The number of carboxylic acids is 1. The van der Waals surface area contributed by atoms with Crippen LogP contribution >= 0.6 is 0 Å². The monoisotopic (exact) mass is 265 g/mol. The smallest absolute Gasteiger partial charge is 0.306 e. The highest BCUT2D eigenvalue weighted by Crippen LogP contribution is 2.29. The van der Waals surface area contributed by atoms with Crippen LogP contribution in [0.5, 0.6) is 5.75 Å². The fraction of sp³-hybridized carbons (Fsp3) is 0.500. The number of nitrogens with zero attached hydrogens (tertiary/aromatic N) is 1. The Labute approximate surface area is 112 Å². The molecular weight excluding hydrogens is 246 g/mol. The molecule has 1 saturated heterocycles. The molecule has 2 rings (SSSR count). The predicted octanol–water partition coefficient (Wildman–Crippen LogP) is 1.63. The van der Waals surface area contributed by atoms with Crippen LogP contribution < -0.4 is 0 Å². The Balaban J connectivity index is 2.05. The second-order valence-electron chi connectivity index (χ2n) is 4.82. The summed E-state index contributed by atoms with van der Waals surface area (Å²) in [6.45, 7) is 3.85. The van der Waals surface area contributed by atoms with Gasteiger partial charge in [0.1, 0.15) is 5.75 Å². The van der Waals surface area contributed by atoms with Crippen LogP contribution in [0, 0.1) is 0 Å². The molecule has 1 aliphatic heterocycles. The third kappa shape index (κ3) is 3.45. The van der Waals surface area contributed by atoms with E-state index in [2.05, 4.69) is 4.90 Å². The van der Waals surface area contributed by atoms with Gasteiger partial charge in [-0.15, -0.1) is 0 Å². The topological polar surface area (TPSA) is 70.0 Å². The number of ether oxygens (including phenoxy) is 1. The maximum absolute atomic E-state index is 10.7. The van der Waals surface area contributed by atoms with E-state index in [0.717, 1.165) is 12.1 Å². The number of phenolic OH excluding ortho intramolecular Hbond substituents is 1. The van der Waals surface area contributed by atoms with Crippen molar-refractivity contribution in [2.45, 2.75) is 25.5 Å². The Kier molecular flexibility index (Phi) is 4.39. The fourth-order valence-corrected chi connectivity index (χ4v) is 2.45. The van der Waals surface area contributed by atoms with Gasteiger partial charge in [-0.25, -0.2) is 0 Å². The van der Waals surface area contributed by atoms with Crippen LogP contribution in [0.2, 0.25) is 0 Å². The van der Waals surface area contributed by atoms with Gasteiger partial charge in [-0.1, -0.05) is 18.2 Å². The summed E-state index contributed by atoms with van der Waals surface area (Å²) in [6.07, 6.45) is -0.260. The zero-order chi connectivity index (χ0) is 13.8. The third-order valence-corrected chi connectivity index (χ3v) is 3.51. The minimum atomic E-state index is -0.845. The lowest BCUT2D eigenvalue weighted by atomic mass is 10.0. The fourth-order valence-electron chi connectivity index (χ4n) is 2.45. The maximum atomic E-state index is 10.7. The molecular formula is C14H19NO4. The molecule has 1 aliphatic rings. The van der Waals surface area contributed by atoms with Gasteiger partial charge < -0.3 is 14.9 Å². The van der Waals surface area contributed by atoms with Gasteiger partial charge in [-0.3, -0.25) is 9.69 Å². The van der Waals surface area contributed by atoms with Crippen LogP contribution in [-0.4, -0.2) is 46.9 Å². The zero-order valence-electron chi connectivity index (χ0n) is 11.0. The van der Waals surface area contributed by atoms with E-state index in [1.54, 1.807) is 12.1 Å². The van der Waals surface area contributed by atoms with Crippen molar-refractivity contribution in [2.24, 2.45) is 0 Å². The number of carbonyl (C=O) groups is 1. The van der Waals surface area contributed by atoms with E-state index < -0.39 is 5.97 Å². The van der Waals surface area contributed by atoms with Gasteiger partial charge in [0.15, 0.2) is 0 Å². The summed E-state index contributed by atoms with van der Waals surface area (Å²) in [5.74, 6) is -0.571. The molecule has 0 amide bonds. The Morgan fingerprint density at radius 1 is 1.53 bits per heavy atom. The quantitative estimate of drug-likeness (QED) is 0.866. The molecule has 2 N–H and O–H groups in total. The molecule has 104 valence electrons. The van der Waals surface area contributed by atoms with Gasteiger partial charge in [-0.05, 0) is 13.0 Å². The molecule has 1 fully saturated rings. The molecule has 5 nitrogen and oxygen atoms in total. The predicted molar refractivity (Wildman–Crippen MR) is 70.1 cm³/mol. The van der Waals surface area contributed by atoms with Gasteiger partial charge in [-0.2, -0.15) is 0 Å². The normalized spacial score (nSPS) is 22.1. The maximum Gasteiger partial charge on any atom is 0.306 e. The average Bonchev–Trinajstić information content (AvgIpc) is 2.38. The first-order valence-electron chi connectivity index (χ1n) is 6.43. The van der Waals surface area contributed by atoms with E-state index >= 15 is 0 Å². The number of phenols is 1. The minimum Gasteiger partial charge on any atom is -0.508 e. The first kappa shape index (κ1) is 13.8. The number of hydrogen-bond donors (Lipinski definition) is 2. The first-order valence-corrected chi connectivity index (χ1v) is 6.43. The molecule has 0 saturated carbocycles. The minimum absolute atomic E-state index is 0.0178. The highest BCUT2D eigenvalue weighted by molar-refractivity contribution is 5.67. The van der Waals surface area contributed by atoms with E-state index in [1.807, 2.05) is 19.1 Å². The van der Waals surface area contributed by atoms with Crippen LogP contribution in [0.1, 0.15) is 24.9 Å². The van der Waals surface area contributed by atoms with E-state index in [0.29, 0.717) is 13.2 Å². The molecule has 0 radical (unpaired) electrons. The lowest BCUT2D eigenvalue weighted by Crippen LogP contribution is -2.44. The van der Waals surface area contributed by atoms with E-state index in [9.17, 15) is 9.90 Å². The van der Waals surface area contributed by atoms with Crippen molar-refractivity contribution >= 4 is 5.97 Å². The highest BCUT2D eigenvalue weighted by atomic mass is 16.5. The second kappa shape index (κ2) is 6.04. The molecule has 1 aromatic rings. The summed E-state index contributed by atoms with van der Waals surface area (Å²) in [6, 6.07) is 7.28. The summed E-state index contributed by atoms with van der Waals surface area (Å²) in [5.41, 5.74) is 0.860. The van der Waals surface area contributed by atoms with Gasteiger partial charge in [0.25, 0.3) is 0 Å². The molecule has 0 bridgehead atoms. The molecule has 1 aromatic carbocycles.